The molecule has 16 heteroatoms. The third-order valence-electron chi connectivity index (χ3n) is 11.9. The van der Waals surface area contributed by atoms with Crippen molar-refractivity contribution in [3.05, 3.63) is 291 Å². The van der Waals surface area contributed by atoms with E-state index in [1.165, 1.54) is 96.1 Å². The molecule has 0 aliphatic rings. The Balaban J connectivity index is 0.000000284. The first-order chi connectivity index (χ1) is 42.1. The number of aliphatic hydroxyl groups excluding tert-OH is 3. The molecule has 8 aromatic carbocycles. The predicted molar refractivity (Wildman–Crippen MR) is 359 cm³/mol. The summed E-state index contributed by atoms with van der Waals surface area (Å²) < 4.78 is 2.48. The number of hydrogen-bond acceptors (Lipinski definition) is 12. The maximum Gasteiger partial charge on any atom is 0.155 e. The van der Waals surface area contributed by atoms with E-state index < -0.39 is 0 Å². The van der Waals surface area contributed by atoms with E-state index in [-0.39, 0.29) is 115 Å². The molecule has 13 rings (SSSR count). The van der Waals surface area contributed by atoms with Crippen LogP contribution in [0.1, 0.15) is 41.5 Å². The summed E-state index contributed by atoms with van der Waals surface area (Å²) in [6.45, 7) is 8.54. The van der Waals surface area contributed by atoms with Crippen LogP contribution in [0.3, 0.4) is 0 Å². The second kappa shape index (κ2) is 40.7. The molecule has 0 aliphatic heterocycles. The van der Waals surface area contributed by atoms with Crippen molar-refractivity contribution in [3.8, 4) is 43.7 Å². The van der Waals surface area contributed by atoms with Crippen LogP contribution in [-0.4, -0.2) is 52.6 Å². The van der Waals surface area contributed by atoms with Crippen molar-refractivity contribution < 1.29 is 110 Å². The quantitative estimate of drug-likeness (QED) is 0.0795. The third kappa shape index (κ3) is 25.7. The first-order valence-electron chi connectivity index (χ1n) is 27.5. The molecule has 0 saturated heterocycles. The Morgan fingerprint density at radius 2 is 0.802 bits per heavy atom. The first kappa shape index (κ1) is 77.3. The number of allylic oxidation sites excluding steroid dienone is 6. The van der Waals surface area contributed by atoms with E-state index in [0.29, 0.717) is 0 Å². The fourth-order valence-electron chi connectivity index (χ4n) is 8.31. The number of benzene rings is 8. The van der Waals surface area contributed by atoms with E-state index in [1.54, 1.807) is 35.1 Å². The van der Waals surface area contributed by atoms with Crippen molar-refractivity contribution in [2.75, 3.05) is 0 Å². The maximum absolute atomic E-state index is 10.0. The van der Waals surface area contributed by atoms with Gasteiger partial charge in [0.05, 0.1) is 22.8 Å². The van der Waals surface area contributed by atoms with Crippen LogP contribution in [0.4, 0.5) is 0 Å². The van der Waals surface area contributed by atoms with Gasteiger partial charge in [-0.3, -0.25) is 29.3 Å². The number of fused-ring (bicyclic) bond motifs is 5. The summed E-state index contributed by atoms with van der Waals surface area (Å²) in [5, 5.41) is 34.4. The average Bonchev–Trinajstić information content (AvgIpc) is 3.48. The number of pyridine rings is 3. The minimum atomic E-state index is -0.125. The molecule has 0 fully saturated rings. The first-order valence-corrected chi connectivity index (χ1v) is 29.1. The molecule has 0 aliphatic carbocycles. The van der Waals surface area contributed by atoms with Gasteiger partial charge < -0.3 is 20.3 Å². The SMILES string of the molecule is CC(=O)C=C(C)O.CC(=O)C=C(C)O.CC(=O)C=C(C)O.[Ir].[Ir].[Ir].[Ir].[c-]1c(-c2ccccn2)ccc2ccccc12.[c-]1c(-c2ccccn2)ccc2ccccc12.[c-]1c(-c2ccccn2)sc2ccccc12.[c-]1ccc2ccccc2c1-c1nc2ccccc2s1. The third-order valence-corrected chi connectivity index (χ3v) is 14.1. The molecule has 10 nitrogen and oxygen atoms in total. The predicted octanol–water partition coefficient (Wildman–Crippen LogP) is 19.2. The standard InChI is InChI=1S/C17H10NS.2C15H10N.C13H8NS.3C5H8O2.4Ir/c1-2-8-13-12(6-1)7-5-9-14(13)17-18-15-10-3-4-11-16(15)19-17;2*1-2-6-13-11-14(9-8-12(13)5-1)15-7-3-4-10-16-15;1-2-7-12-10(5-1)9-13(15-12)11-6-3-4-8-14-11;3*1-4(6)3-5(2)7;;;;/h1-8,10-11H;2*1-10H;1-8H;3*3,6H,1-2H3;;;;/q4*-1;;;;;;;. The molecule has 3 N–H and O–H groups in total. The monoisotopic (exact) mass is 1950 g/mol. The van der Waals surface area contributed by atoms with Gasteiger partial charge in [-0.2, -0.15) is 11.3 Å². The second-order valence-corrected chi connectivity index (χ2v) is 21.3. The summed E-state index contributed by atoms with van der Waals surface area (Å²) >= 11 is 3.46. The van der Waals surface area contributed by atoms with Gasteiger partial charge >= 0.3 is 0 Å². The van der Waals surface area contributed by atoms with Gasteiger partial charge in [0.25, 0.3) is 0 Å². The number of nitrogens with zero attached hydrogens (tertiary/aromatic N) is 4. The Bertz CT molecular complexity index is 4220. The van der Waals surface area contributed by atoms with Crippen LogP contribution >= 0.6 is 22.7 Å². The van der Waals surface area contributed by atoms with Crippen molar-refractivity contribution >= 4 is 92.6 Å². The zero-order valence-corrected chi connectivity index (χ0v) is 61.4. The molecule has 0 atom stereocenters. The normalized spacial score (nSPS) is 10.4. The number of carbonyl (C=O) groups is 3. The summed E-state index contributed by atoms with van der Waals surface area (Å²) in [5.41, 5.74) is 7.17. The molecule has 4 radical (unpaired) electrons. The number of ketones is 3. The number of aliphatic hydroxyl groups is 3. The molecule has 0 spiro atoms. The zero-order chi connectivity index (χ0) is 61.9. The molecule has 0 unspecified atom stereocenters. The van der Waals surface area contributed by atoms with Gasteiger partial charge in [0, 0.05) is 144 Å². The maximum atomic E-state index is 10.0. The van der Waals surface area contributed by atoms with Gasteiger partial charge in [-0.25, -0.2) is 11.3 Å². The van der Waals surface area contributed by atoms with Gasteiger partial charge in [0.15, 0.2) is 17.3 Å². The largest absolute Gasteiger partial charge is 0.512 e. The second-order valence-electron chi connectivity index (χ2n) is 19.2. The number of thiophene rings is 1. The zero-order valence-electron chi connectivity index (χ0n) is 50.2. The smallest absolute Gasteiger partial charge is 0.155 e. The van der Waals surface area contributed by atoms with Crippen molar-refractivity contribution in [3.63, 3.8) is 0 Å². The minimum Gasteiger partial charge on any atom is -0.512 e. The molecule has 470 valence electrons. The number of rotatable bonds is 7. The van der Waals surface area contributed by atoms with Gasteiger partial charge in [0.2, 0.25) is 0 Å². The molecule has 5 heterocycles. The number of aromatic nitrogens is 4. The summed E-state index contributed by atoms with van der Waals surface area (Å²) in [4.78, 5) is 48.9. The van der Waals surface area contributed by atoms with Crippen molar-refractivity contribution in [1.82, 2.24) is 19.9 Å². The van der Waals surface area contributed by atoms with Crippen LogP contribution in [0.25, 0.3) is 96.3 Å². The molecule has 0 bridgehead atoms. The van der Waals surface area contributed by atoms with Gasteiger partial charge in [-0.1, -0.05) is 149 Å². The van der Waals surface area contributed by atoms with E-state index in [1.807, 2.05) is 103 Å². The van der Waals surface area contributed by atoms with Crippen molar-refractivity contribution in [1.29, 1.82) is 0 Å². The Labute approximate surface area is 593 Å². The van der Waals surface area contributed by atoms with Crippen LogP contribution in [0.15, 0.2) is 266 Å². The Morgan fingerprint density at radius 3 is 1.23 bits per heavy atom. The fourth-order valence-corrected chi connectivity index (χ4v) is 10.3. The van der Waals surface area contributed by atoms with Crippen LogP contribution in [0.2, 0.25) is 0 Å². The van der Waals surface area contributed by atoms with Gasteiger partial charge in [0.1, 0.15) is 0 Å². The molecule has 5 aromatic heterocycles. The van der Waals surface area contributed by atoms with E-state index in [9.17, 15) is 14.4 Å². The number of para-hydroxylation sites is 1. The van der Waals surface area contributed by atoms with Crippen molar-refractivity contribution in [2.45, 2.75) is 41.5 Å². The molecule has 0 saturated carbocycles. The average molecular weight is 1950 g/mol. The van der Waals surface area contributed by atoms with E-state index in [2.05, 4.69) is 154 Å². The molecule has 0 amide bonds. The molecule has 13 aromatic rings. The molecule has 91 heavy (non-hydrogen) atoms. The number of hydrogen-bond donors (Lipinski definition) is 3. The fraction of sp³-hybridized carbons (Fsp3) is 0.0800. The topological polar surface area (TPSA) is 163 Å². The van der Waals surface area contributed by atoms with E-state index in [4.69, 9.17) is 20.3 Å². The van der Waals surface area contributed by atoms with Crippen LogP contribution in [0, 0.1) is 24.3 Å². The Morgan fingerprint density at radius 1 is 0.396 bits per heavy atom. The summed E-state index contributed by atoms with van der Waals surface area (Å²) in [6.07, 6.45) is 8.92. The van der Waals surface area contributed by atoms with E-state index >= 15 is 0 Å². The van der Waals surface area contributed by atoms with Gasteiger partial charge in [-0.05, 0) is 81.5 Å². The van der Waals surface area contributed by atoms with Crippen LogP contribution in [0.5, 0.6) is 0 Å². The number of thiazole rings is 1. The summed E-state index contributed by atoms with van der Waals surface area (Å²) in [7, 11) is 0. The number of carbonyl (C=O) groups excluding carboxylic acids is 3. The molecular formula is C75H62Ir4N4O6S2-4. The summed E-state index contributed by atoms with van der Waals surface area (Å²) in [5.74, 6) is -0.187. The van der Waals surface area contributed by atoms with E-state index in [0.717, 1.165) is 59.9 Å². The van der Waals surface area contributed by atoms with Gasteiger partial charge in [-0.15, -0.1) is 112 Å². The van der Waals surface area contributed by atoms with Crippen LogP contribution in [-0.2, 0) is 94.8 Å². The van der Waals surface area contributed by atoms with Crippen LogP contribution < -0.4 is 0 Å². The van der Waals surface area contributed by atoms with Crippen molar-refractivity contribution in [2.24, 2.45) is 0 Å². The Hall–Kier alpha value is -7.93. The summed E-state index contributed by atoms with van der Waals surface area (Å²) in [6, 6.07) is 85.0. The molecular weight excluding hydrogens is 1890 g/mol. The Kier molecular flexibility index (Phi) is 34.6. The minimum absolute atomic E-state index is 0.